The average Bonchev–Trinajstić information content (AvgIpc) is 2.86. The minimum Gasteiger partial charge on any atom is -0.448 e. The monoisotopic (exact) mass is 297 g/mol. The Balaban J connectivity index is 2.76. The Morgan fingerprint density at radius 3 is 2.62 bits per heavy atom. The van der Waals surface area contributed by atoms with Gasteiger partial charge in [-0.05, 0) is 27.7 Å². The van der Waals surface area contributed by atoms with Gasteiger partial charge in [-0.25, -0.2) is 9.78 Å². The maximum Gasteiger partial charge on any atom is 0.408 e. The number of hydrogen-bond acceptors (Lipinski definition) is 5. The van der Waals surface area contributed by atoms with Gasteiger partial charge in [-0.2, -0.15) is 0 Å². The van der Waals surface area contributed by atoms with Crippen molar-refractivity contribution < 1.29 is 18.7 Å². The molecule has 1 heterocycles. The lowest BCUT2D eigenvalue weighted by Crippen LogP contribution is -2.49. The maximum atomic E-state index is 12.3. The van der Waals surface area contributed by atoms with E-state index in [0.29, 0.717) is 12.3 Å². The fourth-order valence-electron chi connectivity index (χ4n) is 1.62. The molecule has 0 aliphatic carbocycles. The lowest BCUT2D eigenvalue weighted by atomic mass is 10.1. The molecule has 0 fully saturated rings. The summed E-state index contributed by atoms with van der Waals surface area (Å²) >= 11 is 0. The van der Waals surface area contributed by atoms with Crippen molar-refractivity contribution in [3.8, 4) is 0 Å². The van der Waals surface area contributed by atoms with Crippen LogP contribution in [0.1, 0.15) is 33.5 Å². The first-order chi connectivity index (χ1) is 9.73. The maximum absolute atomic E-state index is 12.3. The van der Waals surface area contributed by atoms with Crippen LogP contribution in [0, 0.1) is 0 Å². The van der Waals surface area contributed by atoms with Crippen LogP contribution in [0.15, 0.2) is 17.0 Å². The van der Waals surface area contributed by atoms with Crippen LogP contribution in [-0.2, 0) is 16.0 Å². The van der Waals surface area contributed by atoms with Gasteiger partial charge in [0.05, 0.1) is 6.20 Å². The van der Waals surface area contributed by atoms with Gasteiger partial charge >= 0.3 is 6.09 Å². The van der Waals surface area contributed by atoms with Crippen molar-refractivity contribution in [2.24, 2.45) is 0 Å². The van der Waals surface area contributed by atoms with Crippen molar-refractivity contribution in [3.05, 3.63) is 18.4 Å². The number of nitrogens with zero attached hydrogens (tertiary/aromatic N) is 2. The number of oxazole rings is 1. The van der Waals surface area contributed by atoms with Gasteiger partial charge in [0, 0.05) is 20.0 Å². The second kappa shape index (κ2) is 7.10. The van der Waals surface area contributed by atoms with Crippen molar-refractivity contribution in [2.45, 2.75) is 45.8 Å². The molecule has 1 aromatic heterocycles. The van der Waals surface area contributed by atoms with Gasteiger partial charge in [0.2, 0.25) is 5.91 Å². The van der Waals surface area contributed by atoms with Crippen LogP contribution in [0.3, 0.4) is 0 Å². The van der Waals surface area contributed by atoms with Crippen molar-refractivity contribution in [3.63, 3.8) is 0 Å². The van der Waals surface area contributed by atoms with Crippen LogP contribution >= 0.6 is 0 Å². The predicted octanol–water partition coefficient (Wildman–Crippen LogP) is 1.59. The zero-order valence-electron chi connectivity index (χ0n) is 13.2. The van der Waals surface area contributed by atoms with E-state index >= 15 is 0 Å². The third kappa shape index (κ3) is 5.85. The first-order valence-corrected chi connectivity index (χ1v) is 6.84. The zero-order valence-corrected chi connectivity index (χ0v) is 13.2. The van der Waals surface area contributed by atoms with Gasteiger partial charge in [0.25, 0.3) is 0 Å². The Kier molecular flexibility index (Phi) is 5.75. The van der Waals surface area contributed by atoms with Crippen molar-refractivity contribution in [2.75, 3.05) is 13.6 Å². The van der Waals surface area contributed by atoms with Gasteiger partial charge in [0.1, 0.15) is 17.4 Å². The molecule has 0 saturated heterocycles. The molecule has 1 rings (SSSR count). The highest BCUT2D eigenvalue weighted by molar-refractivity contribution is 5.85. The second-order valence-corrected chi connectivity index (χ2v) is 5.72. The van der Waals surface area contributed by atoms with Gasteiger partial charge < -0.3 is 19.4 Å². The Hall–Kier alpha value is -2.05. The molecule has 0 bridgehead atoms. The molecule has 1 aromatic rings. The molecule has 0 saturated carbocycles. The molecular formula is C14H23N3O4. The van der Waals surface area contributed by atoms with Crippen LogP contribution in [0.5, 0.6) is 0 Å². The Bertz CT molecular complexity index is 465. The van der Waals surface area contributed by atoms with Gasteiger partial charge in [0.15, 0.2) is 6.39 Å². The fraction of sp³-hybridized carbons (Fsp3) is 0.643. The normalized spacial score (nSPS) is 12.6. The third-order valence-corrected chi connectivity index (χ3v) is 2.73. The summed E-state index contributed by atoms with van der Waals surface area (Å²) in [5.41, 5.74) is -0.624. The van der Waals surface area contributed by atoms with E-state index < -0.39 is 17.7 Å². The van der Waals surface area contributed by atoms with Gasteiger partial charge in [-0.1, -0.05) is 0 Å². The Morgan fingerprint density at radius 2 is 2.14 bits per heavy atom. The SMILES string of the molecule is CCN(C)C(=O)C(Cc1cnco1)NC(=O)OC(C)(C)C. The Labute approximate surface area is 124 Å². The van der Waals surface area contributed by atoms with Gasteiger partial charge in [-0.15, -0.1) is 0 Å². The molecule has 7 nitrogen and oxygen atoms in total. The lowest BCUT2D eigenvalue weighted by molar-refractivity contribution is -0.132. The highest BCUT2D eigenvalue weighted by Crippen LogP contribution is 2.09. The molecular weight excluding hydrogens is 274 g/mol. The first kappa shape index (κ1) is 17.0. The number of likely N-dealkylation sites (N-methyl/N-ethyl adjacent to an activating group) is 1. The number of rotatable bonds is 5. The molecule has 1 atom stereocenters. The highest BCUT2D eigenvalue weighted by atomic mass is 16.6. The number of aromatic nitrogens is 1. The van der Waals surface area contributed by atoms with Crippen molar-refractivity contribution in [1.29, 1.82) is 0 Å². The van der Waals surface area contributed by atoms with E-state index in [1.165, 1.54) is 17.5 Å². The third-order valence-electron chi connectivity index (χ3n) is 2.73. The summed E-state index contributed by atoms with van der Waals surface area (Å²) in [5, 5.41) is 2.59. The molecule has 0 radical (unpaired) electrons. The molecule has 0 spiro atoms. The minimum atomic E-state index is -0.752. The molecule has 7 heteroatoms. The van der Waals surface area contributed by atoms with Crippen LogP contribution in [0.25, 0.3) is 0 Å². The summed E-state index contributed by atoms with van der Waals surface area (Å²) in [7, 11) is 1.67. The second-order valence-electron chi connectivity index (χ2n) is 5.72. The molecule has 1 unspecified atom stereocenters. The summed E-state index contributed by atoms with van der Waals surface area (Å²) in [5.74, 6) is 0.314. The topological polar surface area (TPSA) is 84.7 Å². The molecule has 1 N–H and O–H groups in total. The molecule has 21 heavy (non-hydrogen) atoms. The van der Waals surface area contributed by atoms with E-state index in [4.69, 9.17) is 9.15 Å². The highest BCUT2D eigenvalue weighted by Gasteiger charge is 2.27. The van der Waals surface area contributed by atoms with E-state index in [2.05, 4.69) is 10.3 Å². The van der Waals surface area contributed by atoms with Crippen LogP contribution in [0.2, 0.25) is 0 Å². The smallest absolute Gasteiger partial charge is 0.408 e. The van der Waals surface area contributed by atoms with Crippen molar-refractivity contribution >= 4 is 12.0 Å². The lowest BCUT2D eigenvalue weighted by Gasteiger charge is -2.25. The van der Waals surface area contributed by atoms with E-state index in [-0.39, 0.29) is 12.3 Å². The fourth-order valence-corrected chi connectivity index (χ4v) is 1.62. The average molecular weight is 297 g/mol. The summed E-state index contributed by atoms with van der Waals surface area (Å²) in [6, 6.07) is -0.752. The number of ether oxygens (including phenoxy) is 1. The molecule has 2 amide bonds. The molecule has 0 aromatic carbocycles. The molecule has 0 aliphatic heterocycles. The number of hydrogen-bond donors (Lipinski definition) is 1. The summed E-state index contributed by atoms with van der Waals surface area (Å²) in [6.45, 7) is 7.69. The number of alkyl carbamates (subject to hydrolysis) is 1. The zero-order chi connectivity index (χ0) is 16.0. The number of carbonyl (C=O) groups is 2. The van der Waals surface area contributed by atoms with Crippen LogP contribution in [0.4, 0.5) is 4.79 Å². The largest absolute Gasteiger partial charge is 0.448 e. The summed E-state index contributed by atoms with van der Waals surface area (Å²) in [6.07, 6.45) is 2.39. The van der Waals surface area contributed by atoms with E-state index in [9.17, 15) is 9.59 Å². The standard InChI is InChI=1S/C14H23N3O4/c1-6-17(5)12(18)11(7-10-8-15-9-20-10)16-13(19)21-14(2,3)4/h8-9,11H,6-7H2,1-5H3,(H,16,19). The van der Waals surface area contributed by atoms with E-state index in [1.54, 1.807) is 27.8 Å². The predicted molar refractivity (Wildman–Crippen MR) is 76.7 cm³/mol. The van der Waals surface area contributed by atoms with Gasteiger partial charge in [-0.3, -0.25) is 4.79 Å². The van der Waals surface area contributed by atoms with E-state index in [0.717, 1.165) is 0 Å². The number of nitrogens with one attached hydrogen (secondary N) is 1. The van der Waals surface area contributed by atoms with E-state index in [1.807, 2.05) is 6.92 Å². The van der Waals surface area contributed by atoms with Crippen LogP contribution < -0.4 is 5.32 Å². The number of amides is 2. The minimum absolute atomic E-state index is 0.209. The number of carbonyl (C=O) groups excluding carboxylic acids is 2. The Morgan fingerprint density at radius 1 is 1.48 bits per heavy atom. The molecule has 118 valence electrons. The summed E-state index contributed by atoms with van der Waals surface area (Å²) < 4.78 is 10.3. The quantitative estimate of drug-likeness (QED) is 0.892. The van der Waals surface area contributed by atoms with Crippen LogP contribution in [-0.4, -0.2) is 47.1 Å². The summed E-state index contributed by atoms with van der Waals surface area (Å²) in [4.78, 5) is 29.5. The first-order valence-electron chi connectivity index (χ1n) is 6.84. The molecule has 0 aliphatic rings. The van der Waals surface area contributed by atoms with Crippen molar-refractivity contribution in [1.82, 2.24) is 15.2 Å².